The minimum absolute atomic E-state index is 0.167. The third-order valence-corrected chi connectivity index (χ3v) is 1.24. The van der Waals surface area contributed by atoms with Crippen molar-refractivity contribution in [2.45, 2.75) is 0 Å². The van der Waals surface area contributed by atoms with E-state index in [4.69, 9.17) is 11.6 Å². The van der Waals surface area contributed by atoms with Crippen molar-refractivity contribution >= 4 is 11.6 Å². The van der Waals surface area contributed by atoms with E-state index < -0.39 is 11.6 Å². The van der Waals surface area contributed by atoms with Crippen LogP contribution in [0.5, 0.6) is 5.75 Å². The zero-order chi connectivity index (χ0) is 8.27. The van der Waals surface area contributed by atoms with Gasteiger partial charge in [0.2, 0.25) is 5.82 Å². The molecule has 0 bridgehead atoms. The van der Waals surface area contributed by atoms with Gasteiger partial charge in [-0.05, 0) is 12.1 Å². The number of halogens is 3. The molecule has 1 nitrogen and oxygen atoms in total. The Morgan fingerprint density at radius 1 is 1.36 bits per heavy atom. The Kier molecular flexibility index (Phi) is 2.65. The number of ether oxygens (including phenoxy) is 1. The first-order chi connectivity index (χ1) is 5.25. The molecule has 0 fully saturated rings. The molecule has 0 atom stereocenters. The van der Waals surface area contributed by atoms with E-state index >= 15 is 0 Å². The van der Waals surface area contributed by atoms with Crippen molar-refractivity contribution in [3.05, 3.63) is 29.8 Å². The summed E-state index contributed by atoms with van der Waals surface area (Å²) in [5.41, 5.74) is 0. The molecule has 0 unspecified atom stereocenters. The van der Waals surface area contributed by atoms with Crippen molar-refractivity contribution < 1.29 is 13.5 Å². The molecule has 1 aromatic carbocycles. The lowest BCUT2D eigenvalue weighted by molar-refractivity contribution is 0.352. The Hall–Kier alpha value is -0.830. The van der Waals surface area contributed by atoms with Crippen LogP contribution in [-0.4, -0.2) is 6.07 Å². The predicted molar refractivity (Wildman–Crippen MR) is 37.7 cm³/mol. The summed E-state index contributed by atoms with van der Waals surface area (Å²) in [4.78, 5) is 0. The van der Waals surface area contributed by atoms with E-state index in [-0.39, 0.29) is 11.8 Å². The number of hydrogen-bond acceptors (Lipinski definition) is 1. The van der Waals surface area contributed by atoms with Crippen molar-refractivity contribution in [3.8, 4) is 5.75 Å². The lowest BCUT2D eigenvalue weighted by atomic mass is 10.3. The minimum Gasteiger partial charge on any atom is -0.475 e. The SMILES string of the molecule is Fc1cccc(OCCl)c1F. The fraction of sp³-hybridized carbons (Fsp3) is 0.143. The van der Waals surface area contributed by atoms with Gasteiger partial charge in [-0.1, -0.05) is 17.7 Å². The van der Waals surface area contributed by atoms with Gasteiger partial charge in [0.05, 0.1) is 0 Å². The van der Waals surface area contributed by atoms with Crippen molar-refractivity contribution in [1.82, 2.24) is 0 Å². The van der Waals surface area contributed by atoms with Gasteiger partial charge in [-0.15, -0.1) is 0 Å². The summed E-state index contributed by atoms with van der Waals surface area (Å²) in [5.74, 6) is -2.11. The van der Waals surface area contributed by atoms with Crippen LogP contribution in [-0.2, 0) is 0 Å². The molecule has 4 heteroatoms. The first kappa shape index (κ1) is 8.27. The molecule has 0 aliphatic rings. The van der Waals surface area contributed by atoms with Gasteiger partial charge in [-0.2, -0.15) is 4.39 Å². The van der Waals surface area contributed by atoms with Crippen molar-refractivity contribution in [2.75, 3.05) is 6.07 Å². The fourth-order valence-electron chi connectivity index (χ4n) is 0.654. The summed E-state index contributed by atoms with van der Waals surface area (Å²) < 4.78 is 29.6. The second kappa shape index (κ2) is 3.53. The summed E-state index contributed by atoms with van der Waals surface area (Å²) in [6.07, 6.45) is 0. The molecule has 1 aromatic rings. The Balaban J connectivity index is 2.96. The summed E-state index contributed by atoms with van der Waals surface area (Å²) in [7, 11) is 0. The Labute approximate surface area is 67.5 Å². The van der Waals surface area contributed by atoms with Gasteiger partial charge in [0, 0.05) is 0 Å². The van der Waals surface area contributed by atoms with Crippen LogP contribution < -0.4 is 4.74 Å². The topological polar surface area (TPSA) is 9.23 Å². The molecule has 0 aliphatic heterocycles. The molecule has 0 N–H and O–H groups in total. The maximum atomic E-state index is 12.6. The molecule has 1 rings (SSSR count). The highest BCUT2D eigenvalue weighted by Crippen LogP contribution is 2.18. The average molecular weight is 179 g/mol. The van der Waals surface area contributed by atoms with E-state index in [1.54, 1.807) is 0 Å². The third kappa shape index (κ3) is 1.80. The van der Waals surface area contributed by atoms with E-state index in [0.29, 0.717) is 0 Å². The van der Waals surface area contributed by atoms with Gasteiger partial charge in [0.15, 0.2) is 17.6 Å². The lowest BCUT2D eigenvalue weighted by Gasteiger charge is -2.02. The smallest absolute Gasteiger partial charge is 0.200 e. The van der Waals surface area contributed by atoms with Crippen molar-refractivity contribution in [2.24, 2.45) is 0 Å². The van der Waals surface area contributed by atoms with Crippen molar-refractivity contribution in [3.63, 3.8) is 0 Å². The van der Waals surface area contributed by atoms with Gasteiger partial charge >= 0.3 is 0 Å². The van der Waals surface area contributed by atoms with E-state index in [1.807, 2.05) is 0 Å². The van der Waals surface area contributed by atoms with Crippen LogP contribution in [0.4, 0.5) is 8.78 Å². The second-order valence-electron chi connectivity index (χ2n) is 1.81. The van der Waals surface area contributed by atoms with Gasteiger partial charge in [-0.3, -0.25) is 0 Å². The molecule has 0 heterocycles. The third-order valence-electron chi connectivity index (χ3n) is 1.13. The van der Waals surface area contributed by atoms with Crippen LogP contribution in [0.15, 0.2) is 18.2 Å². The fourth-order valence-corrected chi connectivity index (χ4v) is 0.772. The predicted octanol–water partition coefficient (Wildman–Crippen LogP) is 2.54. The monoisotopic (exact) mass is 178 g/mol. The van der Waals surface area contributed by atoms with Crippen LogP contribution in [0.2, 0.25) is 0 Å². The minimum atomic E-state index is -1.01. The number of alkyl halides is 1. The van der Waals surface area contributed by atoms with Crippen LogP contribution >= 0.6 is 11.6 Å². The molecular weight excluding hydrogens is 174 g/mol. The van der Waals surface area contributed by atoms with E-state index in [0.717, 1.165) is 6.07 Å². The highest BCUT2D eigenvalue weighted by molar-refractivity contribution is 6.17. The molecule has 0 aliphatic carbocycles. The average Bonchev–Trinajstić information content (AvgIpc) is 1.99. The van der Waals surface area contributed by atoms with Crippen LogP contribution in [0.25, 0.3) is 0 Å². The zero-order valence-corrected chi connectivity index (χ0v) is 6.24. The largest absolute Gasteiger partial charge is 0.475 e. The van der Waals surface area contributed by atoms with Crippen molar-refractivity contribution in [1.29, 1.82) is 0 Å². The standard InChI is InChI=1S/C7H5ClF2O/c8-4-11-6-3-1-2-5(9)7(6)10/h1-3H,4H2. The van der Waals surface area contributed by atoms with Gasteiger partial charge in [0.1, 0.15) is 0 Å². The van der Waals surface area contributed by atoms with Crippen LogP contribution in [0, 0.1) is 11.6 Å². The number of rotatable bonds is 2. The molecule has 0 amide bonds. The Morgan fingerprint density at radius 3 is 2.73 bits per heavy atom. The summed E-state index contributed by atoms with van der Waals surface area (Å²) in [6, 6.07) is 3.47. The molecule has 0 saturated heterocycles. The first-order valence-electron chi connectivity index (χ1n) is 2.88. The summed E-state index contributed by atoms with van der Waals surface area (Å²) in [5, 5.41) is 0. The quantitative estimate of drug-likeness (QED) is 0.633. The summed E-state index contributed by atoms with van der Waals surface area (Å²) in [6.45, 7) is 0. The molecular formula is C7H5ClF2O. The highest BCUT2D eigenvalue weighted by atomic mass is 35.5. The van der Waals surface area contributed by atoms with Gasteiger partial charge < -0.3 is 4.74 Å². The second-order valence-corrected chi connectivity index (χ2v) is 2.02. The molecule has 0 radical (unpaired) electrons. The first-order valence-corrected chi connectivity index (χ1v) is 3.42. The van der Waals surface area contributed by atoms with Gasteiger partial charge in [0.25, 0.3) is 0 Å². The normalized spacial score (nSPS) is 9.73. The molecule has 0 saturated carbocycles. The van der Waals surface area contributed by atoms with E-state index in [2.05, 4.69) is 4.74 Å². The molecule has 0 spiro atoms. The lowest BCUT2D eigenvalue weighted by Crippen LogP contribution is -1.94. The maximum Gasteiger partial charge on any atom is 0.200 e. The number of hydrogen-bond donors (Lipinski definition) is 0. The summed E-state index contributed by atoms with van der Waals surface area (Å²) >= 11 is 5.15. The Bertz CT molecular complexity index is 252. The molecule has 0 aromatic heterocycles. The number of benzene rings is 1. The Morgan fingerprint density at radius 2 is 2.09 bits per heavy atom. The maximum absolute atomic E-state index is 12.6. The molecule has 60 valence electrons. The van der Waals surface area contributed by atoms with Crippen LogP contribution in [0.1, 0.15) is 0 Å². The van der Waals surface area contributed by atoms with Gasteiger partial charge in [-0.25, -0.2) is 4.39 Å². The zero-order valence-electron chi connectivity index (χ0n) is 5.48. The van der Waals surface area contributed by atoms with Crippen LogP contribution in [0.3, 0.4) is 0 Å². The molecule has 11 heavy (non-hydrogen) atoms. The van der Waals surface area contributed by atoms with E-state index in [1.165, 1.54) is 12.1 Å². The van der Waals surface area contributed by atoms with E-state index in [9.17, 15) is 8.78 Å². The highest BCUT2D eigenvalue weighted by Gasteiger charge is 2.06.